The van der Waals surface area contributed by atoms with Crippen molar-refractivity contribution >= 4 is 27.5 Å². The molecule has 0 bridgehead atoms. The van der Waals surface area contributed by atoms with Crippen LogP contribution in [0.2, 0.25) is 0 Å². The summed E-state index contributed by atoms with van der Waals surface area (Å²) in [6.07, 6.45) is 1.46. The van der Waals surface area contributed by atoms with Gasteiger partial charge in [0.25, 0.3) is 5.91 Å². The van der Waals surface area contributed by atoms with E-state index in [1.54, 1.807) is 7.11 Å². The maximum Gasteiger partial charge on any atom is 0.258 e. The predicted octanol–water partition coefficient (Wildman–Crippen LogP) is 4.37. The van der Waals surface area contributed by atoms with Gasteiger partial charge in [0.1, 0.15) is 16.9 Å². The molecule has 0 fully saturated rings. The second-order valence-electron chi connectivity index (χ2n) is 6.79. The molecule has 4 rings (SSSR count). The van der Waals surface area contributed by atoms with Gasteiger partial charge >= 0.3 is 0 Å². The van der Waals surface area contributed by atoms with Crippen LogP contribution in [0.4, 0.5) is 0 Å². The normalized spacial score (nSPS) is 10.7. The Labute approximate surface area is 178 Å². The van der Waals surface area contributed by atoms with Crippen molar-refractivity contribution in [3.63, 3.8) is 0 Å². The molecule has 1 amide bonds. The van der Waals surface area contributed by atoms with Gasteiger partial charge in [0.15, 0.2) is 6.61 Å². The van der Waals surface area contributed by atoms with Crippen LogP contribution in [-0.4, -0.2) is 29.6 Å². The van der Waals surface area contributed by atoms with E-state index in [2.05, 4.69) is 46.5 Å². The van der Waals surface area contributed by atoms with Crippen molar-refractivity contribution in [3.8, 4) is 22.8 Å². The molecule has 7 heteroatoms. The Morgan fingerprint density at radius 1 is 1.13 bits per heavy atom. The van der Waals surface area contributed by atoms with Crippen LogP contribution in [0.15, 0.2) is 60.2 Å². The third-order valence-electron chi connectivity index (χ3n) is 4.66. The van der Waals surface area contributed by atoms with Gasteiger partial charge in [-0.15, -0.1) is 11.3 Å². The van der Waals surface area contributed by atoms with Crippen LogP contribution in [0.25, 0.3) is 21.3 Å². The molecule has 2 aromatic heterocycles. The SMILES string of the molecule is COc1cccc(CNC(=O)COc2ncnc3scc(-c4ccc(C)cc4)c23)c1. The zero-order chi connectivity index (χ0) is 20.9. The molecule has 1 N–H and O–H groups in total. The van der Waals surface area contributed by atoms with Crippen LogP contribution >= 0.6 is 11.3 Å². The standard InChI is InChI=1S/C23H21N3O3S/c1-15-6-8-17(9-7-15)19-13-30-23-21(19)22(25-14-26-23)29-12-20(27)24-11-16-4-3-5-18(10-16)28-2/h3-10,13-14H,11-12H2,1-2H3,(H,24,27). The largest absolute Gasteiger partial charge is 0.497 e. The van der Waals surface area contributed by atoms with Crippen molar-refractivity contribution in [2.75, 3.05) is 13.7 Å². The molecule has 0 unspecified atom stereocenters. The fraction of sp³-hybridized carbons (Fsp3) is 0.174. The molecule has 6 nitrogen and oxygen atoms in total. The van der Waals surface area contributed by atoms with Gasteiger partial charge in [-0.2, -0.15) is 0 Å². The number of aromatic nitrogens is 2. The maximum absolute atomic E-state index is 12.3. The number of benzene rings is 2. The monoisotopic (exact) mass is 419 g/mol. The molecule has 2 aromatic carbocycles. The molecule has 2 heterocycles. The second kappa shape index (κ2) is 8.92. The van der Waals surface area contributed by atoms with E-state index in [9.17, 15) is 4.79 Å². The van der Waals surface area contributed by atoms with Gasteiger partial charge in [-0.3, -0.25) is 4.79 Å². The second-order valence-corrected chi connectivity index (χ2v) is 7.65. The lowest BCUT2D eigenvalue weighted by Crippen LogP contribution is -2.28. The highest BCUT2D eigenvalue weighted by molar-refractivity contribution is 7.17. The number of fused-ring (bicyclic) bond motifs is 1. The molecule has 152 valence electrons. The Bertz CT molecular complexity index is 1170. The third kappa shape index (κ3) is 4.41. The van der Waals surface area contributed by atoms with Crippen molar-refractivity contribution in [2.24, 2.45) is 0 Å². The summed E-state index contributed by atoms with van der Waals surface area (Å²) in [5, 5.41) is 5.72. The molecule has 0 spiro atoms. The Morgan fingerprint density at radius 2 is 1.97 bits per heavy atom. The predicted molar refractivity (Wildman–Crippen MR) is 118 cm³/mol. The summed E-state index contributed by atoms with van der Waals surface area (Å²) in [4.78, 5) is 21.7. The van der Waals surface area contributed by atoms with E-state index >= 15 is 0 Å². The minimum atomic E-state index is -0.225. The Kier molecular flexibility index (Phi) is 5.90. The lowest BCUT2D eigenvalue weighted by Gasteiger charge is -2.09. The van der Waals surface area contributed by atoms with Crippen molar-refractivity contribution < 1.29 is 14.3 Å². The number of nitrogens with one attached hydrogen (secondary N) is 1. The molecule has 0 aliphatic carbocycles. The molecule has 4 aromatic rings. The highest BCUT2D eigenvalue weighted by Gasteiger charge is 2.15. The average molecular weight is 420 g/mol. The summed E-state index contributed by atoms with van der Waals surface area (Å²) >= 11 is 1.53. The average Bonchev–Trinajstić information content (AvgIpc) is 3.22. The number of carbonyl (C=O) groups is 1. The molecule has 0 aliphatic rings. The first-order chi connectivity index (χ1) is 14.6. The van der Waals surface area contributed by atoms with Gasteiger partial charge in [0, 0.05) is 17.5 Å². The van der Waals surface area contributed by atoms with E-state index in [1.165, 1.54) is 23.2 Å². The number of carbonyl (C=O) groups excluding carboxylic acids is 1. The first-order valence-electron chi connectivity index (χ1n) is 9.45. The zero-order valence-corrected chi connectivity index (χ0v) is 17.5. The summed E-state index contributed by atoms with van der Waals surface area (Å²) in [6.45, 7) is 2.32. The smallest absolute Gasteiger partial charge is 0.258 e. The number of nitrogens with zero attached hydrogens (tertiary/aromatic N) is 2. The molecule has 0 aliphatic heterocycles. The van der Waals surface area contributed by atoms with Crippen molar-refractivity contribution in [1.82, 2.24) is 15.3 Å². The Balaban J connectivity index is 1.46. The number of hydrogen-bond donors (Lipinski definition) is 1. The summed E-state index contributed by atoms with van der Waals surface area (Å²) in [7, 11) is 1.61. The molecular formula is C23H21N3O3S. The highest BCUT2D eigenvalue weighted by Crippen LogP contribution is 2.37. The van der Waals surface area contributed by atoms with E-state index in [4.69, 9.17) is 9.47 Å². The minimum Gasteiger partial charge on any atom is -0.497 e. The van der Waals surface area contributed by atoms with Crippen LogP contribution in [-0.2, 0) is 11.3 Å². The topological polar surface area (TPSA) is 73.3 Å². The van der Waals surface area contributed by atoms with Crippen molar-refractivity contribution in [2.45, 2.75) is 13.5 Å². The number of hydrogen-bond acceptors (Lipinski definition) is 6. The maximum atomic E-state index is 12.3. The molecule has 0 radical (unpaired) electrons. The lowest BCUT2D eigenvalue weighted by atomic mass is 10.0. The highest BCUT2D eigenvalue weighted by atomic mass is 32.1. The Morgan fingerprint density at radius 3 is 2.77 bits per heavy atom. The minimum absolute atomic E-state index is 0.126. The third-order valence-corrected chi connectivity index (χ3v) is 5.55. The number of rotatable bonds is 7. The quantitative estimate of drug-likeness (QED) is 0.482. The van der Waals surface area contributed by atoms with Crippen LogP contribution in [0.1, 0.15) is 11.1 Å². The van der Waals surface area contributed by atoms with Gasteiger partial charge in [-0.05, 0) is 30.2 Å². The Hall–Kier alpha value is -3.45. The summed E-state index contributed by atoms with van der Waals surface area (Å²) < 4.78 is 11.0. The van der Waals surface area contributed by atoms with E-state index in [0.717, 1.165) is 32.7 Å². The number of aryl methyl sites for hydroxylation is 1. The van der Waals surface area contributed by atoms with Crippen LogP contribution < -0.4 is 14.8 Å². The zero-order valence-electron chi connectivity index (χ0n) is 16.7. The van der Waals surface area contributed by atoms with Crippen molar-refractivity contribution in [3.05, 3.63) is 71.4 Å². The fourth-order valence-electron chi connectivity index (χ4n) is 3.07. The molecule has 0 atom stereocenters. The number of thiophene rings is 1. The van der Waals surface area contributed by atoms with Gasteiger partial charge in [-0.25, -0.2) is 9.97 Å². The summed E-state index contributed by atoms with van der Waals surface area (Å²) in [5.41, 5.74) is 4.21. The van der Waals surface area contributed by atoms with Crippen LogP contribution in [0.5, 0.6) is 11.6 Å². The van der Waals surface area contributed by atoms with Crippen molar-refractivity contribution in [1.29, 1.82) is 0 Å². The van der Waals surface area contributed by atoms with Crippen LogP contribution in [0, 0.1) is 6.92 Å². The summed E-state index contributed by atoms with van der Waals surface area (Å²) in [5.74, 6) is 0.938. The lowest BCUT2D eigenvalue weighted by molar-refractivity contribution is -0.123. The van der Waals surface area contributed by atoms with E-state index in [0.29, 0.717) is 12.4 Å². The van der Waals surface area contributed by atoms with E-state index < -0.39 is 0 Å². The summed E-state index contributed by atoms with van der Waals surface area (Å²) in [6, 6.07) is 15.8. The van der Waals surface area contributed by atoms with Gasteiger partial charge in [-0.1, -0.05) is 42.0 Å². The number of ether oxygens (including phenoxy) is 2. The molecule has 30 heavy (non-hydrogen) atoms. The van der Waals surface area contributed by atoms with Crippen LogP contribution in [0.3, 0.4) is 0 Å². The number of methoxy groups -OCH3 is 1. The molecular weight excluding hydrogens is 398 g/mol. The molecule has 0 saturated heterocycles. The van der Waals surface area contributed by atoms with E-state index in [1.807, 2.05) is 29.6 Å². The first-order valence-corrected chi connectivity index (χ1v) is 10.3. The van der Waals surface area contributed by atoms with Gasteiger partial charge in [0.2, 0.25) is 5.88 Å². The van der Waals surface area contributed by atoms with E-state index in [-0.39, 0.29) is 12.5 Å². The van der Waals surface area contributed by atoms with Gasteiger partial charge < -0.3 is 14.8 Å². The first kappa shape index (κ1) is 19.8. The van der Waals surface area contributed by atoms with Gasteiger partial charge in [0.05, 0.1) is 12.5 Å². The molecule has 0 saturated carbocycles. The number of amides is 1. The fourth-order valence-corrected chi connectivity index (χ4v) is 3.98.